The molecule has 0 aromatic carbocycles. The second-order valence-corrected chi connectivity index (χ2v) is 5.28. The van der Waals surface area contributed by atoms with Gasteiger partial charge in [-0.2, -0.15) is 0 Å². The quantitative estimate of drug-likeness (QED) is 0.557. The summed E-state index contributed by atoms with van der Waals surface area (Å²) in [5.74, 6) is -0.0818. The molecule has 0 heterocycles. The number of ether oxygens (including phenoxy) is 1. The maximum Gasteiger partial charge on any atom is 0.320 e. The third-order valence-electron chi connectivity index (χ3n) is 3.87. The summed E-state index contributed by atoms with van der Waals surface area (Å²) in [7, 11) is 4.06. The van der Waals surface area contributed by atoms with Gasteiger partial charge in [0, 0.05) is 12.1 Å². The zero-order chi connectivity index (χ0) is 13.4. The molecule has 0 bridgehead atoms. The molecule has 0 amide bonds. The maximum atomic E-state index is 11.6. The Labute approximate surface area is 111 Å². The molecule has 0 unspecified atom stereocenters. The van der Waals surface area contributed by atoms with Crippen LogP contribution in [0.25, 0.3) is 0 Å². The molecule has 1 fully saturated rings. The summed E-state index contributed by atoms with van der Waals surface area (Å²) in [6, 6.07) is 1.19. The van der Waals surface area contributed by atoms with Gasteiger partial charge in [-0.1, -0.05) is 13.3 Å². The first-order valence-corrected chi connectivity index (χ1v) is 7.20. The fourth-order valence-corrected chi connectivity index (χ4v) is 2.51. The molecule has 0 spiro atoms. The molecule has 4 heteroatoms. The number of esters is 1. The van der Waals surface area contributed by atoms with Gasteiger partial charge in [0.25, 0.3) is 0 Å². The van der Waals surface area contributed by atoms with Gasteiger partial charge in [0.2, 0.25) is 0 Å². The molecule has 1 saturated carbocycles. The Morgan fingerprint density at radius 2 is 2.00 bits per heavy atom. The number of nitrogens with one attached hydrogen (secondary N) is 1. The van der Waals surface area contributed by atoms with Gasteiger partial charge in [-0.15, -0.1) is 0 Å². The summed E-state index contributed by atoms with van der Waals surface area (Å²) >= 11 is 0. The van der Waals surface area contributed by atoms with Gasteiger partial charge >= 0.3 is 5.97 Å². The second kappa shape index (κ2) is 8.48. The van der Waals surface area contributed by atoms with Gasteiger partial charge in [0.1, 0.15) is 0 Å². The standard InChI is InChI=1S/C14H28N2O2/c1-4-5-10-18-14(17)11-16(3)13-8-6-12(15-2)7-9-13/h12-13,15H,4-11H2,1-3H3. The van der Waals surface area contributed by atoms with E-state index in [2.05, 4.69) is 17.1 Å². The SMILES string of the molecule is CCCCOC(=O)CN(C)C1CCC(NC)CC1. The van der Waals surface area contributed by atoms with Crippen LogP contribution in [0.15, 0.2) is 0 Å². The van der Waals surface area contributed by atoms with Crippen molar-refractivity contribution >= 4 is 5.97 Å². The summed E-state index contributed by atoms with van der Waals surface area (Å²) < 4.78 is 5.19. The van der Waals surface area contributed by atoms with Crippen LogP contribution in [0.3, 0.4) is 0 Å². The molecule has 1 N–H and O–H groups in total. The van der Waals surface area contributed by atoms with E-state index in [1.807, 2.05) is 14.1 Å². The number of hydrogen-bond acceptors (Lipinski definition) is 4. The van der Waals surface area contributed by atoms with Crippen LogP contribution in [0.1, 0.15) is 45.4 Å². The highest BCUT2D eigenvalue weighted by molar-refractivity contribution is 5.71. The number of unbranched alkanes of at least 4 members (excludes halogenated alkanes) is 1. The number of carbonyl (C=O) groups is 1. The van der Waals surface area contributed by atoms with Gasteiger partial charge in [-0.05, 0) is 46.2 Å². The number of hydrogen-bond donors (Lipinski definition) is 1. The Kier molecular flexibility index (Phi) is 7.28. The monoisotopic (exact) mass is 256 g/mol. The van der Waals surface area contributed by atoms with E-state index in [-0.39, 0.29) is 5.97 Å². The van der Waals surface area contributed by atoms with E-state index in [0.29, 0.717) is 25.2 Å². The lowest BCUT2D eigenvalue weighted by molar-refractivity contribution is -0.145. The van der Waals surface area contributed by atoms with Gasteiger partial charge in [-0.3, -0.25) is 9.69 Å². The molecule has 0 aromatic heterocycles. The lowest BCUT2D eigenvalue weighted by atomic mass is 9.90. The first kappa shape index (κ1) is 15.4. The average molecular weight is 256 g/mol. The van der Waals surface area contributed by atoms with E-state index in [0.717, 1.165) is 12.8 Å². The highest BCUT2D eigenvalue weighted by atomic mass is 16.5. The number of likely N-dealkylation sites (N-methyl/N-ethyl adjacent to an activating group) is 1. The molecule has 0 saturated heterocycles. The van der Waals surface area contributed by atoms with Crippen molar-refractivity contribution in [2.75, 3.05) is 27.2 Å². The Morgan fingerprint density at radius 1 is 1.33 bits per heavy atom. The average Bonchev–Trinajstić information content (AvgIpc) is 2.39. The zero-order valence-electron chi connectivity index (χ0n) is 12.1. The lowest BCUT2D eigenvalue weighted by Crippen LogP contribution is -2.42. The van der Waals surface area contributed by atoms with Crippen molar-refractivity contribution < 1.29 is 9.53 Å². The summed E-state index contributed by atoms with van der Waals surface area (Å²) in [6.45, 7) is 3.09. The highest BCUT2D eigenvalue weighted by Gasteiger charge is 2.24. The van der Waals surface area contributed by atoms with Crippen LogP contribution < -0.4 is 5.32 Å². The predicted octanol–water partition coefficient (Wildman–Crippen LogP) is 1.79. The lowest BCUT2D eigenvalue weighted by Gasteiger charge is -2.34. The summed E-state index contributed by atoms with van der Waals surface area (Å²) in [5, 5.41) is 3.33. The first-order chi connectivity index (χ1) is 8.67. The number of nitrogens with zero attached hydrogens (tertiary/aromatic N) is 1. The van der Waals surface area contributed by atoms with Crippen molar-refractivity contribution in [1.82, 2.24) is 10.2 Å². The van der Waals surface area contributed by atoms with E-state index in [1.54, 1.807) is 0 Å². The molecule has 4 nitrogen and oxygen atoms in total. The molecule has 1 aliphatic carbocycles. The Hall–Kier alpha value is -0.610. The molecule has 0 atom stereocenters. The van der Waals surface area contributed by atoms with Crippen LogP contribution in [0.4, 0.5) is 0 Å². The third-order valence-corrected chi connectivity index (χ3v) is 3.87. The van der Waals surface area contributed by atoms with Crippen molar-refractivity contribution in [3.63, 3.8) is 0 Å². The van der Waals surface area contributed by atoms with Crippen molar-refractivity contribution in [2.24, 2.45) is 0 Å². The molecule has 1 rings (SSSR count). The van der Waals surface area contributed by atoms with E-state index in [1.165, 1.54) is 25.7 Å². The van der Waals surface area contributed by atoms with E-state index in [9.17, 15) is 4.79 Å². The Morgan fingerprint density at radius 3 is 2.56 bits per heavy atom. The van der Waals surface area contributed by atoms with E-state index in [4.69, 9.17) is 4.74 Å². The Balaban J connectivity index is 2.20. The normalized spacial score (nSPS) is 24.2. The summed E-state index contributed by atoms with van der Waals surface area (Å²) in [6.07, 6.45) is 6.78. The van der Waals surface area contributed by atoms with Crippen molar-refractivity contribution in [1.29, 1.82) is 0 Å². The molecule has 0 radical (unpaired) electrons. The molecule has 0 aromatic rings. The zero-order valence-corrected chi connectivity index (χ0v) is 12.1. The van der Waals surface area contributed by atoms with E-state index < -0.39 is 0 Å². The molecular weight excluding hydrogens is 228 g/mol. The fourth-order valence-electron chi connectivity index (χ4n) is 2.51. The molecular formula is C14H28N2O2. The first-order valence-electron chi connectivity index (χ1n) is 7.20. The van der Waals surface area contributed by atoms with Crippen LogP contribution in [-0.2, 0) is 9.53 Å². The minimum Gasteiger partial charge on any atom is -0.465 e. The van der Waals surface area contributed by atoms with Crippen LogP contribution in [0, 0.1) is 0 Å². The van der Waals surface area contributed by atoms with Crippen molar-refractivity contribution in [3.05, 3.63) is 0 Å². The highest BCUT2D eigenvalue weighted by Crippen LogP contribution is 2.21. The molecule has 0 aliphatic heterocycles. The largest absolute Gasteiger partial charge is 0.465 e. The molecule has 1 aliphatic rings. The minimum absolute atomic E-state index is 0.0818. The number of rotatable bonds is 7. The summed E-state index contributed by atoms with van der Waals surface area (Å²) in [5.41, 5.74) is 0. The fraction of sp³-hybridized carbons (Fsp3) is 0.929. The minimum atomic E-state index is -0.0818. The van der Waals surface area contributed by atoms with Crippen LogP contribution in [0.2, 0.25) is 0 Å². The van der Waals surface area contributed by atoms with Crippen LogP contribution in [-0.4, -0.2) is 50.2 Å². The molecule has 18 heavy (non-hydrogen) atoms. The van der Waals surface area contributed by atoms with Gasteiger partial charge in [0.05, 0.1) is 13.2 Å². The molecule has 106 valence electrons. The van der Waals surface area contributed by atoms with Gasteiger partial charge < -0.3 is 10.1 Å². The second-order valence-electron chi connectivity index (χ2n) is 5.28. The van der Waals surface area contributed by atoms with Crippen LogP contribution >= 0.6 is 0 Å². The Bertz CT molecular complexity index is 238. The smallest absolute Gasteiger partial charge is 0.320 e. The third kappa shape index (κ3) is 5.36. The predicted molar refractivity (Wildman–Crippen MR) is 73.6 cm³/mol. The number of carbonyl (C=O) groups excluding carboxylic acids is 1. The van der Waals surface area contributed by atoms with Gasteiger partial charge in [0.15, 0.2) is 0 Å². The van der Waals surface area contributed by atoms with Crippen LogP contribution in [0.5, 0.6) is 0 Å². The van der Waals surface area contributed by atoms with Gasteiger partial charge in [-0.25, -0.2) is 0 Å². The maximum absolute atomic E-state index is 11.6. The topological polar surface area (TPSA) is 41.6 Å². The van der Waals surface area contributed by atoms with E-state index >= 15 is 0 Å². The van der Waals surface area contributed by atoms with Crippen molar-refractivity contribution in [2.45, 2.75) is 57.5 Å². The van der Waals surface area contributed by atoms with Crippen molar-refractivity contribution in [3.8, 4) is 0 Å². The summed E-state index contributed by atoms with van der Waals surface area (Å²) in [4.78, 5) is 13.8.